The zero-order valence-electron chi connectivity index (χ0n) is 13.0. The van der Waals surface area contributed by atoms with Gasteiger partial charge in [0.15, 0.2) is 6.29 Å². The fourth-order valence-corrected chi connectivity index (χ4v) is 2.95. The van der Waals surface area contributed by atoms with Gasteiger partial charge in [0.2, 0.25) is 5.91 Å². The zero-order chi connectivity index (χ0) is 15.8. The Hall–Kier alpha value is -1.34. The lowest BCUT2D eigenvalue weighted by atomic mass is 9.92. The van der Waals surface area contributed by atoms with Gasteiger partial charge >= 0.3 is 6.09 Å². The maximum absolute atomic E-state index is 11.7. The summed E-state index contributed by atoms with van der Waals surface area (Å²) < 4.78 is 5.37. The molecule has 0 aromatic heterocycles. The summed E-state index contributed by atoms with van der Waals surface area (Å²) in [5.41, 5.74) is 2.46. The second-order valence-corrected chi connectivity index (χ2v) is 6.04. The van der Waals surface area contributed by atoms with Crippen molar-refractivity contribution < 1.29 is 24.3 Å². The number of hydrogen-bond acceptors (Lipinski definition) is 4. The van der Waals surface area contributed by atoms with Gasteiger partial charge in [-0.25, -0.2) is 15.1 Å². The molecule has 2 saturated heterocycles. The Kier molecular flexibility index (Phi) is 6.92. The van der Waals surface area contributed by atoms with Crippen molar-refractivity contribution in [2.75, 3.05) is 19.7 Å². The number of hydroxylamine groups is 1. The van der Waals surface area contributed by atoms with Crippen LogP contribution in [0.2, 0.25) is 0 Å². The minimum atomic E-state index is -0.833. The van der Waals surface area contributed by atoms with Crippen molar-refractivity contribution in [3.8, 4) is 0 Å². The molecule has 0 bridgehead atoms. The molecule has 7 nitrogen and oxygen atoms in total. The van der Waals surface area contributed by atoms with E-state index in [2.05, 4.69) is 5.48 Å². The third kappa shape index (κ3) is 5.81. The molecule has 0 spiro atoms. The molecule has 22 heavy (non-hydrogen) atoms. The summed E-state index contributed by atoms with van der Waals surface area (Å²) in [4.78, 5) is 29.2. The Labute approximate surface area is 130 Å². The quantitative estimate of drug-likeness (QED) is 0.733. The van der Waals surface area contributed by atoms with Gasteiger partial charge in [0.05, 0.1) is 0 Å². The number of carbonyl (C=O) groups excluding carboxylic acids is 1. The second-order valence-electron chi connectivity index (χ2n) is 6.04. The molecule has 2 amide bonds. The first-order valence-corrected chi connectivity index (χ1v) is 8.19. The zero-order valence-corrected chi connectivity index (χ0v) is 13.0. The van der Waals surface area contributed by atoms with Crippen LogP contribution in [0.4, 0.5) is 4.79 Å². The number of piperidine rings is 1. The Balaban J connectivity index is 1.51. The van der Waals surface area contributed by atoms with Gasteiger partial charge in [-0.1, -0.05) is 0 Å². The Morgan fingerprint density at radius 1 is 1.23 bits per heavy atom. The molecular weight excluding hydrogens is 288 g/mol. The topological polar surface area (TPSA) is 88.1 Å². The molecule has 2 aliphatic heterocycles. The molecule has 1 unspecified atom stereocenters. The van der Waals surface area contributed by atoms with Crippen molar-refractivity contribution in [2.45, 2.75) is 57.7 Å². The molecule has 2 rings (SSSR count). The summed E-state index contributed by atoms with van der Waals surface area (Å²) in [6, 6.07) is 0. The van der Waals surface area contributed by atoms with Crippen LogP contribution in [0, 0.1) is 5.92 Å². The second kappa shape index (κ2) is 8.95. The molecule has 0 aliphatic carbocycles. The lowest BCUT2D eigenvalue weighted by molar-refractivity contribution is -0.200. The van der Waals surface area contributed by atoms with Gasteiger partial charge in [-0.3, -0.25) is 4.79 Å². The lowest BCUT2D eigenvalue weighted by Crippen LogP contribution is -2.37. The normalized spacial score (nSPS) is 23.3. The van der Waals surface area contributed by atoms with Gasteiger partial charge in [0.1, 0.15) is 0 Å². The summed E-state index contributed by atoms with van der Waals surface area (Å²) in [5.74, 6) is 0.406. The first-order chi connectivity index (χ1) is 10.6. The average Bonchev–Trinajstić information content (AvgIpc) is 2.54. The van der Waals surface area contributed by atoms with E-state index < -0.39 is 6.09 Å². The molecular formula is C15H26N2O5. The van der Waals surface area contributed by atoms with Crippen molar-refractivity contribution >= 4 is 12.0 Å². The van der Waals surface area contributed by atoms with E-state index in [1.165, 1.54) is 4.90 Å². The number of likely N-dealkylation sites (tertiary alicyclic amines) is 1. The van der Waals surface area contributed by atoms with E-state index in [0.717, 1.165) is 44.9 Å². The molecule has 0 radical (unpaired) electrons. The highest BCUT2D eigenvalue weighted by molar-refractivity contribution is 5.74. The number of hydrogen-bond donors (Lipinski definition) is 2. The van der Waals surface area contributed by atoms with Crippen molar-refractivity contribution in [3.63, 3.8) is 0 Å². The maximum atomic E-state index is 11.7. The smallest absolute Gasteiger partial charge is 0.407 e. The van der Waals surface area contributed by atoms with E-state index in [0.29, 0.717) is 32.0 Å². The first-order valence-electron chi connectivity index (χ1n) is 8.19. The minimum Gasteiger partial charge on any atom is -0.465 e. The molecule has 126 valence electrons. The molecule has 2 N–H and O–H groups in total. The number of nitrogens with zero attached hydrogens (tertiary/aromatic N) is 1. The van der Waals surface area contributed by atoms with E-state index in [1.54, 1.807) is 0 Å². The van der Waals surface area contributed by atoms with Gasteiger partial charge in [-0.05, 0) is 44.4 Å². The van der Waals surface area contributed by atoms with Crippen LogP contribution in [0.25, 0.3) is 0 Å². The van der Waals surface area contributed by atoms with E-state index in [4.69, 9.17) is 14.7 Å². The largest absolute Gasteiger partial charge is 0.465 e. The van der Waals surface area contributed by atoms with Crippen molar-refractivity contribution in [3.05, 3.63) is 0 Å². The van der Waals surface area contributed by atoms with Gasteiger partial charge in [0, 0.05) is 32.5 Å². The van der Waals surface area contributed by atoms with Gasteiger partial charge < -0.3 is 14.7 Å². The minimum absolute atomic E-state index is 0.114. The first kappa shape index (κ1) is 17.0. The predicted molar refractivity (Wildman–Crippen MR) is 79.0 cm³/mol. The molecule has 0 saturated carbocycles. The van der Waals surface area contributed by atoms with Crippen LogP contribution in [0.1, 0.15) is 51.4 Å². The molecule has 0 aromatic carbocycles. The number of rotatable bonds is 6. The fraction of sp³-hybridized carbons (Fsp3) is 0.867. The van der Waals surface area contributed by atoms with Crippen molar-refractivity contribution in [1.82, 2.24) is 10.4 Å². The fourth-order valence-electron chi connectivity index (χ4n) is 2.95. The molecule has 2 heterocycles. The monoisotopic (exact) mass is 314 g/mol. The van der Waals surface area contributed by atoms with Crippen LogP contribution >= 0.6 is 0 Å². The number of carbonyl (C=O) groups is 2. The maximum Gasteiger partial charge on any atom is 0.407 e. The third-order valence-electron chi connectivity index (χ3n) is 4.34. The number of nitrogens with one attached hydrogen (secondary N) is 1. The van der Waals surface area contributed by atoms with Crippen LogP contribution in [0.15, 0.2) is 0 Å². The third-order valence-corrected chi connectivity index (χ3v) is 4.34. The number of amides is 2. The predicted octanol–water partition coefficient (Wildman–Crippen LogP) is 2.12. The molecule has 2 aliphatic rings. The summed E-state index contributed by atoms with van der Waals surface area (Å²) in [6.07, 6.45) is 5.77. The highest BCUT2D eigenvalue weighted by atomic mass is 16.8. The van der Waals surface area contributed by atoms with Gasteiger partial charge in [0.25, 0.3) is 0 Å². The molecule has 1 atom stereocenters. The van der Waals surface area contributed by atoms with Crippen molar-refractivity contribution in [2.24, 2.45) is 5.92 Å². The summed E-state index contributed by atoms with van der Waals surface area (Å²) in [6.45, 7) is 1.90. The van der Waals surface area contributed by atoms with Crippen LogP contribution < -0.4 is 5.48 Å². The van der Waals surface area contributed by atoms with Gasteiger partial charge in [-0.15, -0.1) is 0 Å². The van der Waals surface area contributed by atoms with E-state index in [-0.39, 0.29) is 12.2 Å². The Bertz CT molecular complexity index is 363. The molecule has 7 heteroatoms. The molecule has 2 fully saturated rings. The number of carboxylic acid groups (broad SMARTS) is 1. The van der Waals surface area contributed by atoms with Gasteiger partial charge in [-0.2, -0.15) is 0 Å². The van der Waals surface area contributed by atoms with Crippen LogP contribution in [-0.4, -0.2) is 48.0 Å². The van der Waals surface area contributed by atoms with Crippen LogP contribution in [-0.2, 0) is 14.4 Å². The van der Waals surface area contributed by atoms with Crippen LogP contribution in [0.3, 0.4) is 0 Å². The van der Waals surface area contributed by atoms with E-state index >= 15 is 0 Å². The van der Waals surface area contributed by atoms with E-state index in [1.807, 2.05) is 0 Å². The Morgan fingerprint density at radius 2 is 2.00 bits per heavy atom. The van der Waals surface area contributed by atoms with Crippen LogP contribution in [0.5, 0.6) is 0 Å². The Morgan fingerprint density at radius 3 is 2.64 bits per heavy atom. The highest BCUT2D eigenvalue weighted by Crippen LogP contribution is 2.22. The van der Waals surface area contributed by atoms with Crippen molar-refractivity contribution in [1.29, 1.82) is 0 Å². The average molecular weight is 314 g/mol. The standard InChI is InChI=1S/C15H26N2O5/c18-13(16-22-14-6-1-2-11-21-14)5-3-4-12-7-9-17(10-8-12)15(19)20/h12,14H,1-11H2,(H,16,18)(H,19,20). The summed E-state index contributed by atoms with van der Waals surface area (Å²) >= 11 is 0. The lowest BCUT2D eigenvalue weighted by Gasteiger charge is -2.29. The van der Waals surface area contributed by atoms with E-state index in [9.17, 15) is 9.59 Å². The summed E-state index contributed by atoms with van der Waals surface area (Å²) in [5, 5.41) is 8.89. The number of ether oxygens (including phenoxy) is 1. The highest BCUT2D eigenvalue weighted by Gasteiger charge is 2.22. The SMILES string of the molecule is O=C(CCCC1CCN(C(=O)O)CC1)NOC1CCCCO1. The molecule has 0 aromatic rings. The summed E-state index contributed by atoms with van der Waals surface area (Å²) in [7, 11) is 0.